The minimum absolute atomic E-state index is 0.263. The van der Waals surface area contributed by atoms with Crippen LogP contribution in [0, 0.1) is 18.6 Å². The number of Topliss-reactive ketones (excluding diaryl/α,β-unsaturated/α-hetero) is 1. The van der Waals surface area contributed by atoms with Gasteiger partial charge in [0, 0.05) is 11.6 Å². The number of carbonyl (C=O) groups excluding carboxylic acids is 1. The molecule has 0 aromatic heterocycles. The van der Waals surface area contributed by atoms with Crippen molar-refractivity contribution < 1.29 is 18.3 Å². The van der Waals surface area contributed by atoms with E-state index in [1.54, 1.807) is 18.2 Å². The Kier molecular flexibility index (Phi) is 3.90. The smallest absolute Gasteiger partial charge is 0.200 e. The van der Waals surface area contributed by atoms with Crippen LogP contribution in [0.1, 0.15) is 15.9 Å². The Morgan fingerprint density at radius 1 is 1.16 bits per heavy atom. The highest BCUT2D eigenvalue weighted by molar-refractivity contribution is 5.97. The minimum Gasteiger partial charge on any atom is -0.482 e. The Bertz CT molecular complexity index is 609. The molecule has 0 N–H and O–H groups in total. The van der Waals surface area contributed by atoms with Gasteiger partial charge in [-0.2, -0.15) is 0 Å². The largest absolute Gasteiger partial charge is 0.482 e. The number of rotatable bonds is 4. The van der Waals surface area contributed by atoms with Crippen LogP contribution in [-0.2, 0) is 0 Å². The lowest BCUT2D eigenvalue weighted by atomic mass is 10.1. The number of ketones is 1. The molecule has 98 valence electrons. The number of carbonyl (C=O) groups is 1. The minimum atomic E-state index is -0.696. The van der Waals surface area contributed by atoms with Crippen molar-refractivity contribution in [3.8, 4) is 5.75 Å². The lowest BCUT2D eigenvalue weighted by Gasteiger charge is -2.07. The summed E-state index contributed by atoms with van der Waals surface area (Å²) >= 11 is 0. The zero-order valence-electron chi connectivity index (χ0n) is 10.3. The van der Waals surface area contributed by atoms with E-state index in [1.807, 2.05) is 13.0 Å². The van der Waals surface area contributed by atoms with Gasteiger partial charge in [-0.05, 0) is 25.1 Å². The van der Waals surface area contributed by atoms with Gasteiger partial charge < -0.3 is 4.74 Å². The Labute approximate surface area is 109 Å². The number of halogens is 2. The SMILES string of the molecule is Cc1cccc(C(=O)COc2cc(F)ccc2F)c1. The van der Waals surface area contributed by atoms with Crippen molar-refractivity contribution in [1.29, 1.82) is 0 Å². The van der Waals surface area contributed by atoms with Gasteiger partial charge in [-0.3, -0.25) is 4.79 Å². The number of aryl methyl sites for hydroxylation is 1. The lowest BCUT2D eigenvalue weighted by Crippen LogP contribution is -2.12. The third-order valence-corrected chi connectivity index (χ3v) is 2.59. The highest BCUT2D eigenvalue weighted by atomic mass is 19.1. The summed E-state index contributed by atoms with van der Waals surface area (Å²) in [6.45, 7) is 1.54. The van der Waals surface area contributed by atoms with E-state index in [0.717, 1.165) is 23.8 Å². The molecule has 2 aromatic carbocycles. The summed E-state index contributed by atoms with van der Waals surface area (Å²) < 4.78 is 31.2. The van der Waals surface area contributed by atoms with Crippen LogP contribution in [0.3, 0.4) is 0 Å². The summed E-state index contributed by atoms with van der Waals surface area (Å²) in [4.78, 5) is 11.8. The van der Waals surface area contributed by atoms with Crippen molar-refractivity contribution in [2.24, 2.45) is 0 Å². The van der Waals surface area contributed by atoms with Crippen molar-refractivity contribution in [1.82, 2.24) is 0 Å². The van der Waals surface area contributed by atoms with Crippen LogP contribution in [0.4, 0.5) is 8.78 Å². The van der Waals surface area contributed by atoms with Gasteiger partial charge >= 0.3 is 0 Å². The zero-order valence-corrected chi connectivity index (χ0v) is 10.3. The summed E-state index contributed by atoms with van der Waals surface area (Å²) in [6.07, 6.45) is 0. The Balaban J connectivity index is 2.06. The topological polar surface area (TPSA) is 26.3 Å². The molecular weight excluding hydrogens is 250 g/mol. The maximum absolute atomic E-state index is 13.3. The molecule has 0 radical (unpaired) electrons. The van der Waals surface area contributed by atoms with Crippen LogP contribution < -0.4 is 4.74 Å². The Morgan fingerprint density at radius 3 is 2.68 bits per heavy atom. The molecule has 0 amide bonds. The average molecular weight is 262 g/mol. The lowest BCUT2D eigenvalue weighted by molar-refractivity contribution is 0.0918. The van der Waals surface area contributed by atoms with Crippen LogP contribution in [0.5, 0.6) is 5.75 Å². The molecule has 0 spiro atoms. The second-order valence-corrected chi connectivity index (χ2v) is 4.16. The summed E-state index contributed by atoms with van der Waals surface area (Å²) in [6, 6.07) is 9.86. The van der Waals surface area contributed by atoms with Crippen LogP contribution in [-0.4, -0.2) is 12.4 Å². The molecule has 2 nitrogen and oxygen atoms in total. The highest BCUT2D eigenvalue weighted by Gasteiger charge is 2.10. The fraction of sp³-hybridized carbons (Fsp3) is 0.133. The molecule has 0 unspecified atom stereocenters. The first-order valence-corrected chi connectivity index (χ1v) is 5.74. The van der Waals surface area contributed by atoms with E-state index in [4.69, 9.17) is 4.74 Å². The first kappa shape index (κ1) is 13.2. The molecule has 2 aromatic rings. The average Bonchev–Trinajstić information content (AvgIpc) is 2.39. The molecule has 0 saturated carbocycles. The highest BCUT2D eigenvalue weighted by Crippen LogP contribution is 2.18. The number of benzene rings is 2. The second kappa shape index (κ2) is 5.61. The predicted octanol–water partition coefficient (Wildman–Crippen LogP) is 3.53. The fourth-order valence-electron chi connectivity index (χ4n) is 1.63. The van der Waals surface area contributed by atoms with Crippen LogP contribution in [0.15, 0.2) is 42.5 Å². The molecule has 0 bridgehead atoms. The molecular formula is C15H12F2O2. The first-order valence-electron chi connectivity index (χ1n) is 5.74. The van der Waals surface area contributed by atoms with E-state index < -0.39 is 11.6 Å². The van der Waals surface area contributed by atoms with Crippen LogP contribution in [0.25, 0.3) is 0 Å². The molecule has 19 heavy (non-hydrogen) atoms. The summed E-state index contributed by atoms with van der Waals surface area (Å²) in [7, 11) is 0. The molecule has 2 rings (SSSR count). The summed E-state index contributed by atoms with van der Waals surface area (Å²) in [5, 5.41) is 0. The van der Waals surface area contributed by atoms with E-state index in [9.17, 15) is 13.6 Å². The quantitative estimate of drug-likeness (QED) is 0.788. The van der Waals surface area contributed by atoms with E-state index in [-0.39, 0.29) is 18.1 Å². The van der Waals surface area contributed by atoms with Crippen LogP contribution >= 0.6 is 0 Å². The zero-order chi connectivity index (χ0) is 13.8. The number of hydrogen-bond donors (Lipinski definition) is 0. The van der Waals surface area contributed by atoms with Gasteiger partial charge in [0.15, 0.2) is 24.0 Å². The van der Waals surface area contributed by atoms with E-state index >= 15 is 0 Å². The van der Waals surface area contributed by atoms with E-state index in [1.165, 1.54) is 0 Å². The third-order valence-electron chi connectivity index (χ3n) is 2.59. The fourth-order valence-corrected chi connectivity index (χ4v) is 1.63. The van der Waals surface area contributed by atoms with Crippen molar-refractivity contribution in [2.45, 2.75) is 6.92 Å². The molecule has 0 saturated heterocycles. The summed E-state index contributed by atoms with van der Waals surface area (Å²) in [5.74, 6) is -1.86. The molecule has 0 atom stereocenters. The van der Waals surface area contributed by atoms with E-state index in [2.05, 4.69) is 0 Å². The number of ether oxygens (including phenoxy) is 1. The van der Waals surface area contributed by atoms with Gasteiger partial charge in [0.25, 0.3) is 0 Å². The summed E-state index contributed by atoms with van der Waals surface area (Å²) in [5.41, 5.74) is 1.43. The molecule has 0 aliphatic carbocycles. The Morgan fingerprint density at radius 2 is 1.95 bits per heavy atom. The Hall–Kier alpha value is -2.23. The van der Waals surface area contributed by atoms with Gasteiger partial charge in [0.1, 0.15) is 5.82 Å². The molecule has 4 heteroatoms. The molecule has 0 fully saturated rings. The monoisotopic (exact) mass is 262 g/mol. The predicted molar refractivity (Wildman–Crippen MR) is 67.4 cm³/mol. The molecule has 0 aliphatic rings. The van der Waals surface area contributed by atoms with Crippen molar-refractivity contribution in [3.05, 3.63) is 65.2 Å². The normalized spacial score (nSPS) is 10.3. The third kappa shape index (κ3) is 3.37. The maximum Gasteiger partial charge on any atom is 0.200 e. The van der Waals surface area contributed by atoms with Crippen LogP contribution in [0.2, 0.25) is 0 Å². The van der Waals surface area contributed by atoms with Crippen molar-refractivity contribution >= 4 is 5.78 Å². The standard InChI is InChI=1S/C15H12F2O2/c1-10-3-2-4-11(7-10)14(18)9-19-15-8-12(16)5-6-13(15)17/h2-8H,9H2,1H3. The maximum atomic E-state index is 13.3. The van der Waals surface area contributed by atoms with Crippen molar-refractivity contribution in [3.63, 3.8) is 0 Å². The number of hydrogen-bond acceptors (Lipinski definition) is 2. The van der Waals surface area contributed by atoms with Crippen molar-refractivity contribution in [2.75, 3.05) is 6.61 Å². The molecule has 0 aliphatic heterocycles. The van der Waals surface area contributed by atoms with Gasteiger partial charge in [-0.15, -0.1) is 0 Å². The van der Waals surface area contributed by atoms with Gasteiger partial charge in [-0.25, -0.2) is 8.78 Å². The second-order valence-electron chi connectivity index (χ2n) is 4.16. The van der Waals surface area contributed by atoms with Gasteiger partial charge in [-0.1, -0.05) is 23.8 Å². The first-order chi connectivity index (χ1) is 9.06. The van der Waals surface area contributed by atoms with Gasteiger partial charge in [0.05, 0.1) is 0 Å². The molecule has 0 heterocycles. The van der Waals surface area contributed by atoms with E-state index in [0.29, 0.717) is 5.56 Å². The van der Waals surface area contributed by atoms with Gasteiger partial charge in [0.2, 0.25) is 0 Å².